The van der Waals surface area contributed by atoms with Crippen LogP contribution in [0.15, 0.2) is 4.99 Å². The van der Waals surface area contributed by atoms with Crippen LogP contribution >= 0.6 is 0 Å². The first-order chi connectivity index (χ1) is 8.76. The molecule has 0 aromatic carbocycles. The number of rotatable bonds is 6. The summed E-state index contributed by atoms with van der Waals surface area (Å²) in [5, 5.41) is 6.58. The minimum Gasteiger partial charge on any atom is -0.383 e. The molecule has 0 atom stereocenters. The summed E-state index contributed by atoms with van der Waals surface area (Å²) in [5.74, 6) is 1.74. The molecule has 1 fully saturated rings. The molecule has 1 aliphatic heterocycles. The number of hydrogen-bond acceptors (Lipinski definition) is 3. The van der Waals surface area contributed by atoms with E-state index in [0.29, 0.717) is 6.61 Å². The number of hydrogen-bond donors (Lipinski definition) is 2. The fourth-order valence-electron chi connectivity index (χ4n) is 2.24. The van der Waals surface area contributed by atoms with Crippen LogP contribution in [0.2, 0.25) is 0 Å². The number of guanidine groups is 1. The minimum absolute atomic E-state index is 0.704. The van der Waals surface area contributed by atoms with E-state index in [4.69, 9.17) is 4.74 Å². The lowest BCUT2D eigenvalue weighted by molar-refractivity contribution is 0.203. The molecule has 5 nitrogen and oxygen atoms in total. The second-order valence-corrected chi connectivity index (χ2v) is 4.95. The molecule has 0 radical (unpaired) electrons. The van der Waals surface area contributed by atoms with E-state index in [0.717, 1.165) is 25.0 Å². The van der Waals surface area contributed by atoms with E-state index in [2.05, 4.69) is 27.6 Å². The van der Waals surface area contributed by atoms with Crippen LogP contribution in [0.1, 0.15) is 19.3 Å². The number of piperidine rings is 1. The van der Waals surface area contributed by atoms with Gasteiger partial charge in [0, 0.05) is 27.2 Å². The molecule has 1 aliphatic rings. The Morgan fingerprint density at radius 1 is 1.28 bits per heavy atom. The van der Waals surface area contributed by atoms with Gasteiger partial charge in [-0.2, -0.15) is 0 Å². The molecular formula is C13H28N4O. The van der Waals surface area contributed by atoms with E-state index >= 15 is 0 Å². The fourth-order valence-corrected chi connectivity index (χ4v) is 2.24. The molecule has 1 rings (SSSR count). The van der Waals surface area contributed by atoms with Crippen LogP contribution in [0.3, 0.4) is 0 Å². The van der Waals surface area contributed by atoms with Crippen LogP contribution in [0.4, 0.5) is 0 Å². The van der Waals surface area contributed by atoms with Crippen molar-refractivity contribution < 1.29 is 4.74 Å². The summed E-state index contributed by atoms with van der Waals surface area (Å²) in [6.45, 7) is 4.98. The molecule has 0 bridgehead atoms. The Bertz CT molecular complexity index is 237. The molecule has 0 aromatic rings. The van der Waals surface area contributed by atoms with E-state index in [1.807, 2.05) is 0 Å². The number of ether oxygens (including phenoxy) is 1. The second-order valence-electron chi connectivity index (χ2n) is 4.95. The van der Waals surface area contributed by atoms with Crippen LogP contribution < -0.4 is 10.6 Å². The van der Waals surface area contributed by atoms with Crippen molar-refractivity contribution in [2.75, 3.05) is 54.0 Å². The SMILES string of the molecule is CN=C(NCCOC)NCCC1CCN(C)CC1. The first-order valence-corrected chi connectivity index (χ1v) is 6.88. The van der Waals surface area contributed by atoms with Crippen LogP contribution in [-0.2, 0) is 4.74 Å². The summed E-state index contributed by atoms with van der Waals surface area (Å²) in [6.07, 6.45) is 3.89. The highest BCUT2D eigenvalue weighted by Gasteiger charge is 2.15. The Hall–Kier alpha value is -0.810. The second kappa shape index (κ2) is 9.16. The molecule has 5 heteroatoms. The molecule has 0 aromatic heterocycles. The third-order valence-corrected chi connectivity index (χ3v) is 3.51. The van der Waals surface area contributed by atoms with Gasteiger partial charge in [0.25, 0.3) is 0 Å². The predicted molar refractivity (Wildman–Crippen MR) is 76.1 cm³/mol. The molecular weight excluding hydrogens is 228 g/mol. The fraction of sp³-hybridized carbons (Fsp3) is 0.923. The largest absolute Gasteiger partial charge is 0.383 e. The molecule has 1 saturated heterocycles. The van der Waals surface area contributed by atoms with Crippen LogP contribution in [0.5, 0.6) is 0 Å². The van der Waals surface area contributed by atoms with Crippen molar-refractivity contribution in [3.05, 3.63) is 0 Å². The average Bonchev–Trinajstić information content (AvgIpc) is 2.39. The highest BCUT2D eigenvalue weighted by atomic mass is 16.5. The van der Waals surface area contributed by atoms with E-state index < -0.39 is 0 Å². The number of likely N-dealkylation sites (tertiary alicyclic amines) is 1. The molecule has 0 saturated carbocycles. The summed E-state index contributed by atoms with van der Waals surface area (Å²) in [4.78, 5) is 6.60. The molecule has 0 amide bonds. The summed E-state index contributed by atoms with van der Waals surface area (Å²) >= 11 is 0. The van der Waals surface area contributed by atoms with E-state index in [1.165, 1.54) is 32.4 Å². The summed E-state index contributed by atoms with van der Waals surface area (Å²) in [5.41, 5.74) is 0. The van der Waals surface area contributed by atoms with Gasteiger partial charge in [-0.25, -0.2) is 0 Å². The van der Waals surface area contributed by atoms with E-state index in [1.54, 1.807) is 14.2 Å². The standard InChI is InChI=1S/C13H28N4O/c1-14-13(16-8-11-18-3)15-7-4-12-5-9-17(2)10-6-12/h12H,4-11H2,1-3H3,(H2,14,15,16). The third-order valence-electron chi connectivity index (χ3n) is 3.51. The predicted octanol–water partition coefficient (Wildman–Crippen LogP) is 0.530. The lowest BCUT2D eigenvalue weighted by atomic mass is 9.94. The average molecular weight is 256 g/mol. The zero-order chi connectivity index (χ0) is 13.2. The zero-order valence-electron chi connectivity index (χ0n) is 12.0. The maximum Gasteiger partial charge on any atom is 0.191 e. The quantitative estimate of drug-likeness (QED) is 0.413. The highest BCUT2D eigenvalue weighted by Crippen LogP contribution is 2.18. The molecule has 2 N–H and O–H groups in total. The molecule has 18 heavy (non-hydrogen) atoms. The normalized spacial score (nSPS) is 18.9. The van der Waals surface area contributed by atoms with E-state index in [9.17, 15) is 0 Å². The van der Waals surface area contributed by atoms with Gasteiger partial charge in [-0.3, -0.25) is 4.99 Å². The Balaban J connectivity index is 2.08. The van der Waals surface area contributed by atoms with Gasteiger partial charge in [0.1, 0.15) is 0 Å². The summed E-state index contributed by atoms with van der Waals surface area (Å²) < 4.78 is 5.00. The van der Waals surface area contributed by atoms with Gasteiger partial charge in [0.05, 0.1) is 6.61 Å². The Morgan fingerprint density at radius 3 is 2.56 bits per heavy atom. The van der Waals surface area contributed by atoms with E-state index in [-0.39, 0.29) is 0 Å². The number of nitrogens with zero attached hydrogens (tertiary/aromatic N) is 2. The maximum atomic E-state index is 5.00. The molecule has 1 heterocycles. The van der Waals surface area contributed by atoms with Crippen molar-refractivity contribution in [3.63, 3.8) is 0 Å². The minimum atomic E-state index is 0.704. The summed E-state index contributed by atoms with van der Waals surface area (Å²) in [7, 11) is 5.71. The van der Waals surface area contributed by atoms with Crippen molar-refractivity contribution in [2.24, 2.45) is 10.9 Å². The topological polar surface area (TPSA) is 48.9 Å². The van der Waals surface area contributed by atoms with Crippen LogP contribution in [0, 0.1) is 5.92 Å². The summed E-state index contributed by atoms with van der Waals surface area (Å²) in [6, 6.07) is 0. The van der Waals surface area contributed by atoms with Crippen molar-refractivity contribution in [3.8, 4) is 0 Å². The maximum absolute atomic E-state index is 5.00. The number of nitrogens with one attached hydrogen (secondary N) is 2. The lowest BCUT2D eigenvalue weighted by Crippen LogP contribution is -2.40. The highest BCUT2D eigenvalue weighted by molar-refractivity contribution is 5.79. The van der Waals surface area contributed by atoms with Gasteiger partial charge < -0.3 is 20.3 Å². The van der Waals surface area contributed by atoms with Gasteiger partial charge in [-0.15, -0.1) is 0 Å². The van der Waals surface area contributed by atoms with Crippen molar-refractivity contribution in [1.82, 2.24) is 15.5 Å². The van der Waals surface area contributed by atoms with Gasteiger partial charge in [0.2, 0.25) is 0 Å². The van der Waals surface area contributed by atoms with Crippen molar-refractivity contribution in [1.29, 1.82) is 0 Å². The zero-order valence-corrected chi connectivity index (χ0v) is 12.0. The van der Waals surface area contributed by atoms with Gasteiger partial charge in [0.15, 0.2) is 5.96 Å². The first-order valence-electron chi connectivity index (χ1n) is 6.88. The molecule has 0 spiro atoms. The van der Waals surface area contributed by atoms with Crippen molar-refractivity contribution >= 4 is 5.96 Å². The van der Waals surface area contributed by atoms with Gasteiger partial charge in [-0.1, -0.05) is 0 Å². The smallest absolute Gasteiger partial charge is 0.191 e. The third kappa shape index (κ3) is 6.21. The Morgan fingerprint density at radius 2 is 1.94 bits per heavy atom. The Kier molecular flexibility index (Phi) is 7.76. The lowest BCUT2D eigenvalue weighted by Gasteiger charge is -2.29. The van der Waals surface area contributed by atoms with Crippen molar-refractivity contribution in [2.45, 2.75) is 19.3 Å². The van der Waals surface area contributed by atoms with Crippen LogP contribution in [-0.4, -0.2) is 64.9 Å². The van der Waals surface area contributed by atoms with Gasteiger partial charge >= 0.3 is 0 Å². The molecule has 0 unspecified atom stereocenters. The molecule has 106 valence electrons. The van der Waals surface area contributed by atoms with Crippen LogP contribution in [0.25, 0.3) is 0 Å². The number of methoxy groups -OCH3 is 1. The molecule has 0 aliphatic carbocycles. The monoisotopic (exact) mass is 256 g/mol. The first kappa shape index (κ1) is 15.2. The van der Waals surface area contributed by atoms with Gasteiger partial charge in [-0.05, 0) is 45.3 Å². The Labute approximate surface area is 111 Å². The number of aliphatic imine (C=N–C) groups is 1.